The summed E-state index contributed by atoms with van der Waals surface area (Å²) in [5.74, 6) is 6.39. The maximum atomic E-state index is 5.57. The van der Waals surface area contributed by atoms with E-state index in [0.717, 1.165) is 45.1 Å². The molecule has 0 spiro atoms. The van der Waals surface area contributed by atoms with E-state index in [0.29, 0.717) is 0 Å². The van der Waals surface area contributed by atoms with Gasteiger partial charge in [0.05, 0.1) is 0 Å². The van der Waals surface area contributed by atoms with Crippen LogP contribution < -0.4 is 16.2 Å². The second-order valence-corrected chi connectivity index (χ2v) is 5.16. The highest BCUT2D eigenvalue weighted by atomic mass is 15.4. The Morgan fingerprint density at radius 1 is 1.30 bits per heavy atom. The van der Waals surface area contributed by atoms with Crippen LogP contribution in [0.2, 0.25) is 0 Å². The van der Waals surface area contributed by atoms with Crippen molar-refractivity contribution in [3.8, 4) is 0 Å². The molecule has 0 aliphatic carbocycles. The lowest BCUT2D eigenvalue weighted by atomic mass is 10.2. The first kappa shape index (κ1) is 14.7. The van der Waals surface area contributed by atoms with Gasteiger partial charge >= 0.3 is 0 Å². The Balaban J connectivity index is 1.95. The molecular weight excluding hydrogens is 250 g/mol. The van der Waals surface area contributed by atoms with E-state index in [1.165, 1.54) is 11.3 Å². The Kier molecular flexibility index (Phi) is 5.24. The second kappa shape index (κ2) is 7.14. The van der Waals surface area contributed by atoms with Crippen molar-refractivity contribution in [3.63, 3.8) is 0 Å². The number of guanidine groups is 1. The summed E-state index contributed by atoms with van der Waals surface area (Å²) in [5.41, 5.74) is 5.34. The summed E-state index contributed by atoms with van der Waals surface area (Å²) < 4.78 is 0. The van der Waals surface area contributed by atoms with Gasteiger partial charge in [-0.15, -0.1) is 0 Å². The Bertz CT molecular complexity index is 449. The number of piperazine rings is 1. The zero-order valence-corrected chi connectivity index (χ0v) is 12.5. The lowest BCUT2D eigenvalue weighted by molar-refractivity contribution is 0.372. The topological polar surface area (TPSA) is 56.9 Å². The summed E-state index contributed by atoms with van der Waals surface area (Å²) in [6, 6.07) is 8.67. The average molecular weight is 275 g/mol. The van der Waals surface area contributed by atoms with E-state index < -0.39 is 0 Å². The molecule has 0 saturated carbocycles. The number of rotatable bonds is 3. The molecular formula is C15H25N5. The van der Waals surface area contributed by atoms with E-state index in [9.17, 15) is 0 Å². The van der Waals surface area contributed by atoms with Gasteiger partial charge in [0.1, 0.15) is 0 Å². The molecule has 1 aliphatic heterocycles. The molecule has 5 heteroatoms. The van der Waals surface area contributed by atoms with Crippen LogP contribution in [0.1, 0.15) is 18.9 Å². The number of aliphatic imine (C=N–C) groups is 1. The van der Waals surface area contributed by atoms with Gasteiger partial charge in [0.25, 0.3) is 0 Å². The number of nitrogens with one attached hydrogen (secondary N) is 1. The molecule has 110 valence electrons. The third kappa shape index (κ3) is 3.63. The summed E-state index contributed by atoms with van der Waals surface area (Å²) in [5, 5.41) is 0. The fraction of sp³-hybridized carbons (Fsp3) is 0.533. The van der Waals surface area contributed by atoms with Gasteiger partial charge in [-0.1, -0.05) is 19.1 Å². The highest BCUT2D eigenvalue weighted by Gasteiger charge is 2.19. The maximum absolute atomic E-state index is 5.57. The first-order chi connectivity index (χ1) is 9.74. The lowest BCUT2D eigenvalue weighted by Gasteiger charge is -2.37. The van der Waals surface area contributed by atoms with E-state index in [1.807, 2.05) is 0 Å². The Labute approximate surface area is 121 Å². The van der Waals surface area contributed by atoms with Crippen molar-refractivity contribution in [2.45, 2.75) is 20.3 Å². The molecule has 20 heavy (non-hydrogen) atoms. The molecule has 1 saturated heterocycles. The van der Waals surface area contributed by atoms with E-state index in [-0.39, 0.29) is 0 Å². The van der Waals surface area contributed by atoms with Gasteiger partial charge in [0.2, 0.25) is 5.96 Å². The van der Waals surface area contributed by atoms with Crippen LogP contribution in [0.3, 0.4) is 0 Å². The maximum Gasteiger partial charge on any atom is 0.208 e. The monoisotopic (exact) mass is 275 g/mol. The predicted molar refractivity (Wildman–Crippen MR) is 84.9 cm³/mol. The Morgan fingerprint density at radius 2 is 2.05 bits per heavy atom. The molecule has 0 aromatic heterocycles. The first-order valence-corrected chi connectivity index (χ1v) is 7.32. The predicted octanol–water partition coefficient (Wildman–Crippen LogP) is 1.35. The molecule has 1 aromatic carbocycles. The summed E-state index contributed by atoms with van der Waals surface area (Å²) in [6.07, 6.45) is 1.04. The van der Waals surface area contributed by atoms with Gasteiger partial charge in [0.15, 0.2) is 0 Å². The van der Waals surface area contributed by atoms with Gasteiger partial charge in [-0.05, 0) is 31.0 Å². The van der Waals surface area contributed by atoms with Crippen LogP contribution >= 0.6 is 0 Å². The highest BCUT2D eigenvalue weighted by molar-refractivity contribution is 5.79. The molecule has 0 atom stereocenters. The largest absolute Gasteiger partial charge is 0.368 e. The minimum atomic E-state index is 0.816. The Morgan fingerprint density at radius 3 is 2.65 bits per heavy atom. The normalized spacial score (nSPS) is 16.4. The van der Waals surface area contributed by atoms with Crippen molar-refractivity contribution in [2.24, 2.45) is 10.8 Å². The molecule has 5 nitrogen and oxygen atoms in total. The molecule has 1 heterocycles. The fourth-order valence-electron chi connectivity index (χ4n) is 2.46. The fourth-order valence-corrected chi connectivity index (χ4v) is 2.46. The van der Waals surface area contributed by atoms with E-state index in [1.54, 1.807) is 0 Å². The third-order valence-corrected chi connectivity index (χ3v) is 3.56. The zero-order chi connectivity index (χ0) is 14.4. The Hall–Kier alpha value is -1.75. The molecule has 1 aromatic rings. The van der Waals surface area contributed by atoms with Gasteiger partial charge in [0, 0.05) is 38.4 Å². The summed E-state index contributed by atoms with van der Waals surface area (Å²) in [6.45, 7) is 8.95. The van der Waals surface area contributed by atoms with E-state index in [2.05, 4.69) is 58.3 Å². The number of nitrogens with two attached hydrogens (primary N) is 1. The number of anilines is 1. The van der Waals surface area contributed by atoms with E-state index >= 15 is 0 Å². The molecule has 1 aliphatic rings. The summed E-state index contributed by atoms with van der Waals surface area (Å²) in [4.78, 5) is 9.12. The molecule has 0 unspecified atom stereocenters. The number of hydrogen-bond donors (Lipinski definition) is 2. The van der Waals surface area contributed by atoms with Crippen molar-refractivity contribution in [3.05, 3.63) is 29.8 Å². The van der Waals surface area contributed by atoms with Crippen molar-refractivity contribution < 1.29 is 0 Å². The SMILES string of the molecule is CCCN=C(NN)N1CCN(c2cccc(C)c2)CC1. The third-order valence-electron chi connectivity index (χ3n) is 3.56. The van der Waals surface area contributed by atoms with Crippen LogP contribution in [0.25, 0.3) is 0 Å². The number of hydrogen-bond acceptors (Lipinski definition) is 3. The van der Waals surface area contributed by atoms with Crippen LogP contribution in [0.4, 0.5) is 5.69 Å². The van der Waals surface area contributed by atoms with Gasteiger partial charge < -0.3 is 9.80 Å². The van der Waals surface area contributed by atoms with Crippen molar-refractivity contribution in [2.75, 3.05) is 37.6 Å². The standard InChI is InChI=1S/C15H25N5/c1-3-7-17-15(18-16)20-10-8-19(9-11-20)14-6-4-5-13(2)12-14/h4-6,12H,3,7-11,16H2,1-2H3,(H,17,18). The number of nitrogens with zero attached hydrogens (tertiary/aromatic N) is 3. The van der Waals surface area contributed by atoms with Crippen molar-refractivity contribution in [1.82, 2.24) is 10.3 Å². The summed E-state index contributed by atoms with van der Waals surface area (Å²) in [7, 11) is 0. The second-order valence-electron chi connectivity index (χ2n) is 5.16. The van der Waals surface area contributed by atoms with Crippen LogP contribution in [0.15, 0.2) is 29.3 Å². The van der Waals surface area contributed by atoms with Crippen LogP contribution in [0.5, 0.6) is 0 Å². The zero-order valence-electron chi connectivity index (χ0n) is 12.5. The van der Waals surface area contributed by atoms with Crippen molar-refractivity contribution >= 4 is 11.6 Å². The van der Waals surface area contributed by atoms with Gasteiger partial charge in [-0.3, -0.25) is 10.4 Å². The molecule has 0 bridgehead atoms. The smallest absolute Gasteiger partial charge is 0.208 e. The van der Waals surface area contributed by atoms with Gasteiger partial charge in [-0.25, -0.2) is 5.84 Å². The molecule has 2 rings (SSSR count). The average Bonchev–Trinajstić information content (AvgIpc) is 2.49. The van der Waals surface area contributed by atoms with Crippen LogP contribution in [-0.4, -0.2) is 43.6 Å². The number of aryl methyl sites for hydroxylation is 1. The quantitative estimate of drug-likeness (QED) is 0.378. The molecule has 0 radical (unpaired) electrons. The molecule has 0 amide bonds. The van der Waals surface area contributed by atoms with Crippen LogP contribution in [0, 0.1) is 6.92 Å². The highest BCUT2D eigenvalue weighted by Crippen LogP contribution is 2.17. The lowest BCUT2D eigenvalue weighted by Crippen LogP contribution is -2.54. The number of hydrazine groups is 1. The van der Waals surface area contributed by atoms with Crippen molar-refractivity contribution in [1.29, 1.82) is 0 Å². The summed E-state index contributed by atoms with van der Waals surface area (Å²) >= 11 is 0. The first-order valence-electron chi connectivity index (χ1n) is 7.32. The van der Waals surface area contributed by atoms with Crippen LogP contribution in [-0.2, 0) is 0 Å². The molecule has 1 fully saturated rings. The van der Waals surface area contributed by atoms with Gasteiger partial charge in [-0.2, -0.15) is 0 Å². The van der Waals surface area contributed by atoms with E-state index in [4.69, 9.17) is 5.84 Å². The molecule has 3 N–H and O–H groups in total. The minimum absolute atomic E-state index is 0.816. The number of benzene rings is 1. The minimum Gasteiger partial charge on any atom is -0.368 e.